The molecule has 2 aromatic carbocycles. The molecule has 0 aliphatic carbocycles. The molecular weight excluding hydrogens is 366 g/mol. The average molecular weight is 392 g/mol. The van der Waals surface area contributed by atoms with Crippen LogP contribution in [0.1, 0.15) is 41.6 Å². The van der Waals surface area contributed by atoms with Crippen LogP contribution in [0, 0.1) is 0 Å². The van der Waals surface area contributed by atoms with Gasteiger partial charge >= 0.3 is 0 Å². The van der Waals surface area contributed by atoms with Gasteiger partial charge in [0, 0.05) is 25.0 Å². The minimum Gasteiger partial charge on any atom is -0.301 e. The molecular formula is C23H25N3OS. The van der Waals surface area contributed by atoms with E-state index in [9.17, 15) is 4.79 Å². The van der Waals surface area contributed by atoms with E-state index in [0.29, 0.717) is 5.13 Å². The third kappa shape index (κ3) is 4.32. The largest absolute Gasteiger partial charge is 0.301 e. The van der Waals surface area contributed by atoms with Gasteiger partial charge in [-0.25, -0.2) is 4.98 Å². The molecule has 0 bridgehead atoms. The van der Waals surface area contributed by atoms with Gasteiger partial charge in [-0.05, 0) is 29.5 Å². The molecule has 1 atom stereocenters. The van der Waals surface area contributed by atoms with Crippen molar-refractivity contribution in [1.82, 2.24) is 9.88 Å². The number of thiazole rings is 1. The maximum Gasteiger partial charge on any atom is 0.233 e. The molecule has 3 aromatic rings. The van der Waals surface area contributed by atoms with Gasteiger partial charge in [0.1, 0.15) is 0 Å². The summed E-state index contributed by atoms with van der Waals surface area (Å²) >= 11 is 1.51. The van der Waals surface area contributed by atoms with Gasteiger partial charge in [-0.15, -0.1) is 11.3 Å². The number of fused-ring (bicyclic) bond motifs is 1. The molecule has 4 rings (SSSR count). The molecule has 0 saturated carbocycles. The number of hydrogen-bond acceptors (Lipinski definition) is 4. The first kappa shape index (κ1) is 18.8. The summed E-state index contributed by atoms with van der Waals surface area (Å²) in [5.74, 6) is -0.131. The molecule has 1 N–H and O–H groups in total. The van der Waals surface area contributed by atoms with E-state index >= 15 is 0 Å². The SMILES string of the molecule is CC[C@H](C(=O)Nc1nc(CN2CCc3ccccc3C2)cs1)c1ccccc1. The third-order valence-corrected chi connectivity index (χ3v) is 6.11. The standard InChI is InChI=1S/C23H25N3OS/c1-2-21(18-9-4-3-5-10-18)22(27)25-23-24-20(16-28-23)15-26-13-12-17-8-6-7-11-19(17)14-26/h3-11,16,21H,2,12-15H2,1H3,(H,24,25,27)/t21-/m0/s1. The van der Waals surface area contributed by atoms with Crippen molar-refractivity contribution in [1.29, 1.82) is 0 Å². The first-order chi connectivity index (χ1) is 13.7. The summed E-state index contributed by atoms with van der Waals surface area (Å²) < 4.78 is 0. The lowest BCUT2D eigenvalue weighted by atomic mass is 9.96. The summed E-state index contributed by atoms with van der Waals surface area (Å²) in [6.45, 7) is 4.86. The minimum absolute atomic E-state index is 0.0153. The molecule has 1 aromatic heterocycles. The topological polar surface area (TPSA) is 45.2 Å². The molecule has 0 saturated heterocycles. The molecule has 1 aliphatic heterocycles. The van der Waals surface area contributed by atoms with Crippen LogP contribution in [0.5, 0.6) is 0 Å². The highest BCUT2D eigenvalue weighted by atomic mass is 32.1. The van der Waals surface area contributed by atoms with Gasteiger partial charge in [0.2, 0.25) is 5.91 Å². The number of nitrogens with one attached hydrogen (secondary N) is 1. The van der Waals surface area contributed by atoms with Crippen molar-refractivity contribution < 1.29 is 4.79 Å². The Labute approximate surface area is 170 Å². The predicted molar refractivity (Wildman–Crippen MR) is 114 cm³/mol. The first-order valence-electron chi connectivity index (χ1n) is 9.82. The lowest BCUT2D eigenvalue weighted by molar-refractivity contribution is -0.117. The van der Waals surface area contributed by atoms with Crippen LogP contribution >= 0.6 is 11.3 Å². The molecule has 2 heterocycles. The van der Waals surface area contributed by atoms with Crippen LogP contribution in [0.25, 0.3) is 0 Å². The van der Waals surface area contributed by atoms with E-state index in [-0.39, 0.29) is 11.8 Å². The quantitative estimate of drug-likeness (QED) is 0.654. The summed E-state index contributed by atoms with van der Waals surface area (Å²) in [5, 5.41) is 5.76. The van der Waals surface area contributed by atoms with Crippen molar-refractivity contribution in [2.45, 2.75) is 38.8 Å². The highest BCUT2D eigenvalue weighted by Gasteiger charge is 2.20. The van der Waals surface area contributed by atoms with E-state index in [2.05, 4.69) is 44.8 Å². The molecule has 1 amide bonds. The zero-order valence-electron chi connectivity index (χ0n) is 16.1. The number of nitrogens with zero attached hydrogens (tertiary/aromatic N) is 2. The lowest BCUT2D eigenvalue weighted by Gasteiger charge is -2.27. The molecule has 0 unspecified atom stereocenters. The normalized spacial score (nSPS) is 15.0. The third-order valence-electron chi connectivity index (χ3n) is 5.30. The van der Waals surface area contributed by atoms with Crippen LogP contribution in [-0.4, -0.2) is 22.3 Å². The maximum atomic E-state index is 12.7. The number of anilines is 1. The van der Waals surface area contributed by atoms with E-state index in [1.165, 1.54) is 22.5 Å². The van der Waals surface area contributed by atoms with E-state index in [4.69, 9.17) is 0 Å². The zero-order valence-corrected chi connectivity index (χ0v) is 16.9. The Bertz CT molecular complexity index is 938. The number of carbonyl (C=O) groups excluding carboxylic acids is 1. The summed E-state index contributed by atoms with van der Waals surface area (Å²) in [4.78, 5) is 19.8. The van der Waals surface area contributed by atoms with Crippen LogP contribution in [0.4, 0.5) is 5.13 Å². The molecule has 0 spiro atoms. The van der Waals surface area contributed by atoms with Gasteiger partial charge in [-0.3, -0.25) is 9.69 Å². The second kappa shape index (κ2) is 8.67. The van der Waals surface area contributed by atoms with Gasteiger partial charge in [0.25, 0.3) is 0 Å². The molecule has 0 radical (unpaired) electrons. The Balaban J connectivity index is 1.37. The van der Waals surface area contributed by atoms with Gasteiger partial charge in [-0.2, -0.15) is 0 Å². The maximum absolute atomic E-state index is 12.7. The van der Waals surface area contributed by atoms with Crippen molar-refractivity contribution >= 4 is 22.4 Å². The van der Waals surface area contributed by atoms with Crippen molar-refractivity contribution in [2.75, 3.05) is 11.9 Å². The van der Waals surface area contributed by atoms with E-state index in [1.54, 1.807) is 0 Å². The molecule has 5 heteroatoms. The Morgan fingerprint density at radius 3 is 2.68 bits per heavy atom. The summed E-state index contributed by atoms with van der Waals surface area (Å²) in [5.41, 5.74) is 4.93. The number of amides is 1. The van der Waals surface area contributed by atoms with E-state index in [1.807, 2.05) is 37.3 Å². The molecule has 0 fully saturated rings. The van der Waals surface area contributed by atoms with E-state index in [0.717, 1.165) is 43.7 Å². The second-order valence-electron chi connectivity index (χ2n) is 7.23. The van der Waals surface area contributed by atoms with Crippen LogP contribution in [0.15, 0.2) is 60.0 Å². The highest BCUT2D eigenvalue weighted by molar-refractivity contribution is 7.13. The van der Waals surface area contributed by atoms with Gasteiger partial charge in [0.05, 0.1) is 11.6 Å². The summed E-state index contributed by atoms with van der Waals surface area (Å²) in [6.07, 6.45) is 1.85. The first-order valence-corrected chi connectivity index (χ1v) is 10.7. The minimum atomic E-state index is -0.146. The smallest absolute Gasteiger partial charge is 0.233 e. The van der Waals surface area contributed by atoms with Crippen LogP contribution in [-0.2, 0) is 24.3 Å². The fraction of sp³-hybridized carbons (Fsp3) is 0.304. The Hall–Kier alpha value is -2.50. The number of aromatic nitrogens is 1. The zero-order chi connectivity index (χ0) is 19.3. The number of carbonyl (C=O) groups is 1. The van der Waals surface area contributed by atoms with Crippen molar-refractivity contribution in [3.63, 3.8) is 0 Å². The van der Waals surface area contributed by atoms with Gasteiger partial charge < -0.3 is 5.32 Å². The number of benzene rings is 2. The molecule has 28 heavy (non-hydrogen) atoms. The Morgan fingerprint density at radius 1 is 1.14 bits per heavy atom. The number of rotatable bonds is 6. The fourth-order valence-electron chi connectivity index (χ4n) is 3.81. The van der Waals surface area contributed by atoms with Gasteiger partial charge in [-0.1, -0.05) is 61.5 Å². The Kier molecular flexibility index (Phi) is 5.84. The lowest BCUT2D eigenvalue weighted by Crippen LogP contribution is -2.30. The van der Waals surface area contributed by atoms with Gasteiger partial charge in [0.15, 0.2) is 5.13 Å². The number of hydrogen-bond donors (Lipinski definition) is 1. The molecule has 1 aliphatic rings. The van der Waals surface area contributed by atoms with E-state index < -0.39 is 0 Å². The Morgan fingerprint density at radius 2 is 1.89 bits per heavy atom. The van der Waals surface area contributed by atoms with Crippen molar-refractivity contribution in [2.24, 2.45) is 0 Å². The molecule has 144 valence electrons. The van der Waals surface area contributed by atoms with Crippen LogP contribution < -0.4 is 5.32 Å². The second-order valence-corrected chi connectivity index (χ2v) is 8.09. The molecule has 4 nitrogen and oxygen atoms in total. The summed E-state index contributed by atoms with van der Waals surface area (Å²) in [7, 11) is 0. The monoisotopic (exact) mass is 391 g/mol. The predicted octanol–water partition coefficient (Wildman–Crippen LogP) is 4.83. The van der Waals surface area contributed by atoms with Crippen LogP contribution in [0.3, 0.4) is 0 Å². The average Bonchev–Trinajstić information content (AvgIpc) is 3.16. The summed E-state index contributed by atoms with van der Waals surface area (Å²) in [6, 6.07) is 18.6. The highest BCUT2D eigenvalue weighted by Crippen LogP contribution is 2.25. The fourth-order valence-corrected chi connectivity index (χ4v) is 4.51. The van der Waals surface area contributed by atoms with Crippen molar-refractivity contribution in [3.05, 3.63) is 82.4 Å². The van der Waals surface area contributed by atoms with Crippen molar-refractivity contribution in [3.8, 4) is 0 Å². The van der Waals surface area contributed by atoms with Crippen LogP contribution in [0.2, 0.25) is 0 Å².